The van der Waals surface area contributed by atoms with Crippen LogP contribution in [-0.2, 0) is 0 Å². The third-order valence-corrected chi connectivity index (χ3v) is 3.30. The Hall–Kier alpha value is -3.49. The molecular formula is C16H15N5O4. The molecule has 0 aliphatic carbocycles. The molecule has 0 aliphatic heterocycles. The van der Waals surface area contributed by atoms with E-state index in [2.05, 4.69) is 25.4 Å². The highest BCUT2D eigenvalue weighted by molar-refractivity contribution is 6.07. The molecule has 0 fully saturated rings. The molecule has 2 heterocycles. The van der Waals surface area contributed by atoms with Gasteiger partial charge >= 0.3 is 0 Å². The number of hydrogen-bond donors (Lipinski definition) is 1. The van der Waals surface area contributed by atoms with Gasteiger partial charge in [0.05, 0.1) is 14.2 Å². The van der Waals surface area contributed by atoms with Crippen molar-refractivity contribution in [1.82, 2.24) is 20.1 Å². The van der Waals surface area contributed by atoms with Crippen LogP contribution in [0.4, 0.5) is 5.69 Å². The third kappa shape index (κ3) is 3.39. The molecule has 1 aromatic carbocycles. The highest BCUT2D eigenvalue weighted by Gasteiger charge is 2.21. The summed E-state index contributed by atoms with van der Waals surface area (Å²) in [7, 11) is 2.83. The maximum absolute atomic E-state index is 12.6. The molecule has 0 spiro atoms. The van der Waals surface area contributed by atoms with Gasteiger partial charge in [0.25, 0.3) is 5.91 Å². The number of nitrogens with one attached hydrogen (secondary N) is 1. The maximum Gasteiger partial charge on any atom is 0.266 e. The normalized spacial score (nSPS) is 10.4. The smallest absolute Gasteiger partial charge is 0.266 e. The highest BCUT2D eigenvalue weighted by atomic mass is 16.5. The fourth-order valence-electron chi connectivity index (χ4n) is 2.20. The number of anilines is 1. The fourth-order valence-corrected chi connectivity index (χ4v) is 2.20. The minimum atomic E-state index is -0.462. The van der Waals surface area contributed by atoms with Crippen LogP contribution in [0.15, 0.2) is 35.1 Å². The van der Waals surface area contributed by atoms with Crippen LogP contribution >= 0.6 is 0 Å². The first-order chi connectivity index (χ1) is 12.1. The summed E-state index contributed by atoms with van der Waals surface area (Å²) < 4.78 is 15.2. The highest BCUT2D eigenvalue weighted by Crippen LogP contribution is 2.26. The van der Waals surface area contributed by atoms with Crippen molar-refractivity contribution in [1.29, 1.82) is 0 Å². The summed E-state index contributed by atoms with van der Waals surface area (Å²) in [6, 6.07) is 7.04. The Bertz CT molecular complexity index is 887. The zero-order valence-corrected chi connectivity index (χ0v) is 13.8. The van der Waals surface area contributed by atoms with Crippen molar-refractivity contribution < 1.29 is 18.8 Å². The summed E-state index contributed by atoms with van der Waals surface area (Å²) in [4.78, 5) is 24.6. The number of rotatable bonds is 5. The molecule has 25 heavy (non-hydrogen) atoms. The Kier molecular flexibility index (Phi) is 4.55. The van der Waals surface area contributed by atoms with Crippen LogP contribution in [0.1, 0.15) is 16.2 Å². The first-order valence-corrected chi connectivity index (χ1v) is 7.27. The van der Waals surface area contributed by atoms with Gasteiger partial charge in [-0.25, -0.2) is 9.97 Å². The van der Waals surface area contributed by atoms with E-state index >= 15 is 0 Å². The number of amides is 1. The molecule has 128 valence electrons. The molecule has 1 amide bonds. The lowest BCUT2D eigenvalue weighted by molar-refractivity contribution is 0.101. The third-order valence-electron chi connectivity index (χ3n) is 3.30. The van der Waals surface area contributed by atoms with Gasteiger partial charge in [-0.1, -0.05) is 17.3 Å². The van der Waals surface area contributed by atoms with Crippen LogP contribution < -0.4 is 14.8 Å². The van der Waals surface area contributed by atoms with Crippen molar-refractivity contribution in [2.24, 2.45) is 0 Å². The van der Waals surface area contributed by atoms with E-state index in [9.17, 15) is 4.79 Å². The molecule has 0 bridgehead atoms. The number of aromatic nitrogens is 4. The number of ether oxygens (including phenoxy) is 2. The molecule has 0 saturated heterocycles. The summed E-state index contributed by atoms with van der Waals surface area (Å²) in [5, 5.41) is 6.62. The first kappa shape index (κ1) is 16.4. The van der Waals surface area contributed by atoms with Crippen molar-refractivity contribution >= 4 is 11.6 Å². The van der Waals surface area contributed by atoms with Gasteiger partial charge in [0.15, 0.2) is 5.56 Å². The quantitative estimate of drug-likeness (QED) is 0.751. The lowest BCUT2D eigenvalue weighted by Crippen LogP contribution is -2.16. The molecule has 1 N–H and O–H groups in total. The van der Waals surface area contributed by atoms with Crippen molar-refractivity contribution in [3.05, 3.63) is 42.0 Å². The van der Waals surface area contributed by atoms with Gasteiger partial charge in [0.1, 0.15) is 6.33 Å². The molecule has 0 radical (unpaired) electrons. The average Bonchev–Trinajstić information content (AvgIpc) is 3.07. The number of hydrogen-bond acceptors (Lipinski definition) is 8. The lowest BCUT2D eigenvalue weighted by Gasteiger charge is -2.11. The van der Waals surface area contributed by atoms with Gasteiger partial charge in [0.2, 0.25) is 23.5 Å². The number of carbonyl (C=O) groups is 1. The number of aryl methyl sites for hydroxylation is 1. The molecule has 9 heteroatoms. The zero-order valence-electron chi connectivity index (χ0n) is 13.8. The predicted molar refractivity (Wildman–Crippen MR) is 87.6 cm³/mol. The van der Waals surface area contributed by atoms with Gasteiger partial charge in [0, 0.05) is 18.2 Å². The van der Waals surface area contributed by atoms with Crippen LogP contribution in [-0.4, -0.2) is 40.2 Å². The van der Waals surface area contributed by atoms with E-state index in [4.69, 9.17) is 14.0 Å². The van der Waals surface area contributed by atoms with Gasteiger partial charge in [-0.15, -0.1) is 0 Å². The van der Waals surface area contributed by atoms with Crippen molar-refractivity contribution in [2.75, 3.05) is 19.5 Å². The zero-order chi connectivity index (χ0) is 17.8. The SMILES string of the molecule is COc1ncnc(OC)c1C(=O)Nc1cccc(-c2noc(C)n2)c1. The molecule has 3 rings (SSSR count). The molecule has 0 saturated carbocycles. The topological polar surface area (TPSA) is 112 Å². The summed E-state index contributed by atoms with van der Waals surface area (Å²) in [6.07, 6.45) is 1.26. The first-order valence-electron chi connectivity index (χ1n) is 7.27. The second kappa shape index (κ2) is 6.95. The van der Waals surface area contributed by atoms with E-state index in [1.807, 2.05) is 6.07 Å². The number of methoxy groups -OCH3 is 2. The molecule has 3 aromatic rings. The van der Waals surface area contributed by atoms with Crippen molar-refractivity contribution in [3.63, 3.8) is 0 Å². The minimum Gasteiger partial charge on any atom is -0.480 e. The van der Waals surface area contributed by atoms with E-state index < -0.39 is 5.91 Å². The fraction of sp³-hybridized carbons (Fsp3) is 0.188. The maximum atomic E-state index is 12.6. The van der Waals surface area contributed by atoms with Gasteiger partial charge < -0.3 is 19.3 Å². The van der Waals surface area contributed by atoms with E-state index in [1.165, 1.54) is 20.5 Å². The Morgan fingerprint density at radius 1 is 1.16 bits per heavy atom. The Labute approximate surface area is 143 Å². The molecular weight excluding hydrogens is 326 g/mol. The Morgan fingerprint density at radius 2 is 1.88 bits per heavy atom. The van der Waals surface area contributed by atoms with Crippen LogP contribution in [0.5, 0.6) is 11.8 Å². The summed E-state index contributed by atoms with van der Waals surface area (Å²) >= 11 is 0. The standard InChI is InChI=1S/C16H15N5O4/c1-9-19-13(21-25-9)10-5-4-6-11(7-10)20-14(22)12-15(23-2)17-8-18-16(12)24-3/h4-8H,1-3H3,(H,20,22). The second-order valence-corrected chi connectivity index (χ2v) is 4.94. The lowest BCUT2D eigenvalue weighted by atomic mass is 10.2. The number of nitrogens with zero attached hydrogens (tertiary/aromatic N) is 4. The van der Waals surface area contributed by atoms with E-state index in [-0.39, 0.29) is 17.3 Å². The Morgan fingerprint density at radius 3 is 2.48 bits per heavy atom. The van der Waals surface area contributed by atoms with Crippen LogP contribution in [0.25, 0.3) is 11.4 Å². The predicted octanol–water partition coefficient (Wildman–Crippen LogP) is 2.10. The van der Waals surface area contributed by atoms with Crippen molar-refractivity contribution in [2.45, 2.75) is 6.92 Å². The number of benzene rings is 1. The van der Waals surface area contributed by atoms with E-state index in [0.717, 1.165) is 0 Å². The monoisotopic (exact) mass is 341 g/mol. The largest absolute Gasteiger partial charge is 0.480 e. The van der Waals surface area contributed by atoms with Crippen LogP contribution in [0, 0.1) is 6.92 Å². The van der Waals surface area contributed by atoms with Gasteiger partial charge in [-0.2, -0.15) is 4.98 Å². The van der Waals surface area contributed by atoms with Crippen LogP contribution in [0.2, 0.25) is 0 Å². The second-order valence-electron chi connectivity index (χ2n) is 4.94. The summed E-state index contributed by atoms with van der Waals surface area (Å²) in [5.74, 6) is 0.673. The average molecular weight is 341 g/mol. The van der Waals surface area contributed by atoms with E-state index in [0.29, 0.717) is 23.0 Å². The van der Waals surface area contributed by atoms with Crippen LogP contribution in [0.3, 0.4) is 0 Å². The van der Waals surface area contributed by atoms with Crippen molar-refractivity contribution in [3.8, 4) is 23.1 Å². The summed E-state index contributed by atoms with van der Waals surface area (Å²) in [6.45, 7) is 1.70. The Balaban J connectivity index is 1.89. The molecule has 9 nitrogen and oxygen atoms in total. The minimum absolute atomic E-state index is 0.105. The molecule has 2 aromatic heterocycles. The van der Waals surface area contributed by atoms with E-state index in [1.54, 1.807) is 25.1 Å². The molecule has 0 unspecified atom stereocenters. The van der Waals surface area contributed by atoms with Gasteiger partial charge in [-0.05, 0) is 12.1 Å². The van der Waals surface area contributed by atoms with Gasteiger partial charge in [-0.3, -0.25) is 4.79 Å². The summed E-state index contributed by atoms with van der Waals surface area (Å²) in [5.41, 5.74) is 1.35. The molecule has 0 atom stereocenters. The number of carbonyl (C=O) groups excluding carboxylic acids is 1. The molecule has 0 aliphatic rings.